The van der Waals surface area contributed by atoms with Crippen molar-refractivity contribution < 1.29 is 4.79 Å². The van der Waals surface area contributed by atoms with Crippen molar-refractivity contribution in [3.05, 3.63) is 23.9 Å². The summed E-state index contributed by atoms with van der Waals surface area (Å²) in [7, 11) is 0. The van der Waals surface area contributed by atoms with E-state index in [4.69, 9.17) is 0 Å². The number of carbonyl (C=O) groups is 1. The van der Waals surface area contributed by atoms with Crippen LogP contribution in [0.4, 0.5) is 5.82 Å². The van der Waals surface area contributed by atoms with Gasteiger partial charge in [0.1, 0.15) is 5.82 Å². The van der Waals surface area contributed by atoms with Crippen LogP contribution in [0.25, 0.3) is 0 Å². The van der Waals surface area contributed by atoms with Gasteiger partial charge in [0.15, 0.2) is 0 Å². The molecule has 0 aliphatic carbocycles. The summed E-state index contributed by atoms with van der Waals surface area (Å²) in [4.78, 5) is 19.1. The van der Waals surface area contributed by atoms with E-state index in [1.54, 1.807) is 12.3 Å². The molecule has 2 rings (SSSR count). The number of nitrogens with zero attached hydrogens (tertiary/aromatic N) is 2. The zero-order valence-electron chi connectivity index (χ0n) is 13.4. The number of anilines is 1. The Kier molecular flexibility index (Phi) is 5.59. The first-order valence-electron chi connectivity index (χ1n) is 8.19. The Hall–Kier alpha value is -1.58. The molecule has 0 saturated carbocycles. The second-order valence-corrected chi connectivity index (χ2v) is 5.94. The zero-order valence-corrected chi connectivity index (χ0v) is 13.4. The third kappa shape index (κ3) is 3.96. The topological polar surface area (TPSA) is 45.2 Å². The van der Waals surface area contributed by atoms with Gasteiger partial charge in [-0.25, -0.2) is 4.98 Å². The van der Waals surface area contributed by atoms with Crippen molar-refractivity contribution in [3.8, 4) is 0 Å². The first kappa shape index (κ1) is 15.8. The van der Waals surface area contributed by atoms with Gasteiger partial charge < -0.3 is 10.2 Å². The molecule has 1 aromatic heterocycles. The van der Waals surface area contributed by atoms with Gasteiger partial charge in [0, 0.05) is 30.4 Å². The van der Waals surface area contributed by atoms with Crippen LogP contribution in [-0.2, 0) is 0 Å². The van der Waals surface area contributed by atoms with Gasteiger partial charge in [0.2, 0.25) is 0 Å². The highest BCUT2D eigenvalue weighted by Gasteiger charge is 2.22. The molecular weight excluding hydrogens is 262 g/mol. The highest BCUT2D eigenvalue weighted by atomic mass is 16.1. The van der Waals surface area contributed by atoms with Crippen LogP contribution >= 0.6 is 0 Å². The van der Waals surface area contributed by atoms with E-state index in [1.807, 2.05) is 13.0 Å². The second kappa shape index (κ2) is 7.43. The molecular formula is C17H27N3O. The molecule has 0 aromatic carbocycles. The maximum atomic E-state index is 12.2. The predicted molar refractivity (Wildman–Crippen MR) is 86.7 cm³/mol. The van der Waals surface area contributed by atoms with Crippen molar-refractivity contribution in [1.82, 2.24) is 10.3 Å². The number of hydrogen-bond donors (Lipinski definition) is 1. The molecule has 0 radical (unpaired) electrons. The van der Waals surface area contributed by atoms with Crippen LogP contribution in [0.3, 0.4) is 0 Å². The Morgan fingerprint density at radius 1 is 1.48 bits per heavy atom. The number of rotatable bonds is 5. The van der Waals surface area contributed by atoms with Gasteiger partial charge in [0.25, 0.3) is 5.91 Å². The molecule has 1 aromatic rings. The van der Waals surface area contributed by atoms with Gasteiger partial charge in [-0.2, -0.15) is 0 Å². The Morgan fingerprint density at radius 3 is 3.00 bits per heavy atom. The smallest absolute Gasteiger partial charge is 0.251 e. The fourth-order valence-corrected chi connectivity index (χ4v) is 2.85. The number of amides is 1. The van der Waals surface area contributed by atoms with Gasteiger partial charge in [-0.3, -0.25) is 4.79 Å². The second-order valence-electron chi connectivity index (χ2n) is 5.94. The number of nitrogens with one attached hydrogen (secondary N) is 1. The molecule has 4 nitrogen and oxygen atoms in total. The molecule has 2 heterocycles. The Bertz CT molecular complexity index is 475. The van der Waals surface area contributed by atoms with Crippen LogP contribution in [0.2, 0.25) is 0 Å². The number of hydrogen-bond acceptors (Lipinski definition) is 3. The minimum absolute atomic E-state index is 0.00180. The largest absolute Gasteiger partial charge is 0.354 e. The normalized spacial score (nSPS) is 20.1. The molecule has 4 heteroatoms. The molecule has 1 aliphatic rings. The molecule has 1 fully saturated rings. The van der Waals surface area contributed by atoms with Crippen molar-refractivity contribution in [3.63, 3.8) is 0 Å². The van der Waals surface area contributed by atoms with E-state index >= 15 is 0 Å². The maximum absolute atomic E-state index is 12.2. The van der Waals surface area contributed by atoms with E-state index in [9.17, 15) is 4.79 Å². The third-order valence-electron chi connectivity index (χ3n) is 4.39. The molecule has 2 atom stereocenters. The highest BCUT2D eigenvalue weighted by molar-refractivity contribution is 5.95. The van der Waals surface area contributed by atoms with Crippen molar-refractivity contribution in [1.29, 1.82) is 0 Å². The summed E-state index contributed by atoms with van der Waals surface area (Å²) in [6.07, 6.45) is 7.55. The lowest BCUT2D eigenvalue weighted by Gasteiger charge is -2.36. The van der Waals surface area contributed by atoms with Crippen molar-refractivity contribution >= 4 is 11.7 Å². The predicted octanol–water partition coefficient (Wildman–Crippen LogP) is 3.38. The molecule has 0 bridgehead atoms. The van der Waals surface area contributed by atoms with Crippen molar-refractivity contribution in [2.75, 3.05) is 11.4 Å². The van der Waals surface area contributed by atoms with Crippen LogP contribution in [0.1, 0.15) is 63.2 Å². The molecule has 21 heavy (non-hydrogen) atoms. The Morgan fingerprint density at radius 2 is 2.29 bits per heavy atom. The molecule has 2 unspecified atom stereocenters. The Balaban J connectivity index is 2.14. The number of piperidine rings is 1. The molecule has 1 amide bonds. The van der Waals surface area contributed by atoms with E-state index in [0.717, 1.165) is 25.2 Å². The summed E-state index contributed by atoms with van der Waals surface area (Å²) in [5, 5.41) is 3.02. The van der Waals surface area contributed by atoms with Crippen LogP contribution < -0.4 is 10.2 Å². The standard InChI is InChI=1S/C17H27N3O/c1-4-13(3)19-17(21)14-9-10-18-16(12-14)20-11-7-6-8-15(20)5-2/h9-10,12-13,15H,4-8,11H2,1-3H3,(H,19,21). The molecule has 116 valence electrons. The van der Waals surface area contributed by atoms with Gasteiger partial charge in [-0.1, -0.05) is 13.8 Å². The zero-order chi connectivity index (χ0) is 15.2. The fourth-order valence-electron chi connectivity index (χ4n) is 2.85. The van der Waals surface area contributed by atoms with Gasteiger partial charge in [-0.05, 0) is 51.2 Å². The van der Waals surface area contributed by atoms with Crippen LogP contribution in [0.15, 0.2) is 18.3 Å². The number of carbonyl (C=O) groups excluding carboxylic acids is 1. The first-order chi connectivity index (χ1) is 10.2. The van der Waals surface area contributed by atoms with E-state index in [0.29, 0.717) is 11.6 Å². The molecule has 0 spiro atoms. The maximum Gasteiger partial charge on any atom is 0.251 e. The highest BCUT2D eigenvalue weighted by Crippen LogP contribution is 2.25. The lowest BCUT2D eigenvalue weighted by atomic mass is 10.00. The quantitative estimate of drug-likeness (QED) is 0.904. The summed E-state index contributed by atoms with van der Waals surface area (Å²) >= 11 is 0. The van der Waals surface area contributed by atoms with Crippen molar-refractivity contribution in [2.45, 2.75) is 65.0 Å². The summed E-state index contributed by atoms with van der Waals surface area (Å²) in [5.41, 5.74) is 0.709. The summed E-state index contributed by atoms with van der Waals surface area (Å²) in [6, 6.07) is 4.49. The van der Waals surface area contributed by atoms with Gasteiger partial charge in [0.05, 0.1) is 0 Å². The molecule has 1 saturated heterocycles. The SMILES string of the molecule is CCC(C)NC(=O)c1ccnc(N2CCCCC2CC)c1. The number of aromatic nitrogens is 1. The minimum atomic E-state index is -0.00180. The summed E-state index contributed by atoms with van der Waals surface area (Å²) < 4.78 is 0. The number of pyridine rings is 1. The van der Waals surface area contributed by atoms with E-state index < -0.39 is 0 Å². The Labute approximate surface area is 127 Å². The van der Waals surface area contributed by atoms with Crippen LogP contribution in [0.5, 0.6) is 0 Å². The summed E-state index contributed by atoms with van der Waals surface area (Å²) in [5.74, 6) is 0.941. The first-order valence-corrected chi connectivity index (χ1v) is 8.19. The minimum Gasteiger partial charge on any atom is -0.354 e. The van der Waals surface area contributed by atoms with E-state index in [-0.39, 0.29) is 11.9 Å². The van der Waals surface area contributed by atoms with Crippen molar-refractivity contribution in [2.24, 2.45) is 0 Å². The third-order valence-corrected chi connectivity index (χ3v) is 4.39. The lowest BCUT2D eigenvalue weighted by Crippen LogP contribution is -2.40. The van der Waals surface area contributed by atoms with Crippen LogP contribution in [0, 0.1) is 0 Å². The monoisotopic (exact) mass is 289 g/mol. The molecule has 1 aliphatic heterocycles. The molecule has 1 N–H and O–H groups in total. The lowest BCUT2D eigenvalue weighted by molar-refractivity contribution is 0.0939. The van der Waals surface area contributed by atoms with E-state index in [2.05, 4.69) is 29.0 Å². The van der Waals surface area contributed by atoms with Gasteiger partial charge in [-0.15, -0.1) is 0 Å². The average Bonchev–Trinajstić information content (AvgIpc) is 2.54. The fraction of sp³-hybridized carbons (Fsp3) is 0.647. The average molecular weight is 289 g/mol. The van der Waals surface area contributed by atoms with E-state index in [1.165, 1.54) is 19.3 Å². The van der Waals surface area contributed by atoms with Gasteiger partial charge >= 0.3 is 0 Å². The summed E-state index contributed by atoms with van der Waals surface area (Å²) in [6.45, 7) is 7.37. The van der Waals surface area contributed by atoms with Crippen LogP contribution in [-0.4, -0.2) is 29.5 Å².